The third-order valence-corrected chi connectivity index (χ3v) is 4.27. The van der Waals surface area contributed by atoms with Crippen molar-refractivity contribution in [2.75, 3.05) is 19.7 Å². The Labute approximate surface area is 148 Å². The highest BCUT2D eigenvalue weighted by atomic mass is 19.3. The number of aliphatic hydroxyl groups excluding tert-OH is 4. The van der Waals surface area contributed by atoms with Crippen LogP contribution in [0, 0.1) is 0 Å². The summed E-state index contributed by atoms with van der Waals surface area (Å²) in [6, 6.07) is -1.04. The number of nitrogens with one attached hydrogen (secondary N) is 1. The van der Waals surface area contributed by atoms with Gasteiger partial charge in [-0.05, 0) is 19.4 Å². The summed E-state index contributed by atoms with van der Waals surface area (Å²) in [6.07, 6.45) is -7.34. The molecule has 26 heavy (non-hydrogen) atoms. The molecule has 1 aliphatic rings. The average molecular weight is 388 g/mol. The van der Waals surface area contributed by atoms with Crippen molar-refractivity contribution in [3.63, 3.8) is 0 Å². The SMILES string of the molecule is N[C@@H](CCCCNCC(F)(F)C1(O)O[C@H](CO)[C@H](O)[C@H](O)[C@H]1O)C(=O)O. The van der Waals surface area contributed by atoms with Crippen LogP contribution in [0.4, 0.5) is 8.78 Å². The molecule has 0 aromatic carbocycles. The number of ether oxygens (including phenoxy) is 1. The van der Waals surface area contributed by atoms with Gasteiger partial charge in [0.25, 0.3) is 5.79 Å². The van der Waals surface area contributed by atoms with Crippen molar-refractivity contribution >= 4 is 5.97 Å². The Kier molecular flexibility index (Phi) is 8.23. The Morgan fingerprint density at radius 3 is 2.42 bits per heavy atom. The number of halogens is 2. The lowest BCUT2D eigenvalue weighted by Crippen LogP contribution is -2.72. The molecular formula is C14H26F2N2O8. The van der Waals surface area contributed by atoms with Crippen molar-refractivity contribution in [2.45, 2.75) is 61.4 Å². The van der Waals surface area contributed by atoms with Gasteiger partial charge in [0.05, 0.1) is 13.2 Å². The Balaban J connectivity index is 2.56. The smallest absolute Gasteiger partial charge is 0.320 e. The first kappa shape index (κ1) is 23.0. The summed E-state index contributed by atoms with van der Waals surface area (Å²) in [6.45, 7) is -2.05. The third-order valence-electron chi connectivity index (χ3n) is 4.27. The number of alkyl halides is 2. The second-order valence-electron chi connectivity index (χ2n) is 6.28. The van der Waals surface area contributed by atoms with Gasteiger partial charge in [0.2, 0.25) is 0 Å². The van der Waals surface area contributed by atoms with Crippen LogP contribution in [0.3, 0.4) is 0 Å². The fourth-order valence-corrected chi connectivity index (χ4v) is 2.57. The van der Waals surface area contributed by atoms with E-state index in [-0.39, 0.29) is 13.0 Å². The molecule has 12 heteroatoms. The zero-order valence-corrected chi connectivity index (χ0v) is 14.0. The van der Waals surface area contributed by atoms with E-state index in [9.17, 15) is 34.0 Å². The molecule has 0 aliphatic carbocycles. The molecule has 1 aliphatic heterocycles. The van der Waals surface area contributed by atoms with Crippen molar-refractivity contribution in [1.82, 2.24) is 5.32 Å². The predicted molar refractivity (Wildman–Crippen MR) is 82.2 cm³/mol. The molecule has 1 unspecified atom stereocenters. The summed E-state index contributed by atoms with van der Waals surface area (Å²) in [5.74, 6) is -8.75. The number of rotatable bonds is 10. The zero-order valence-electron chi connectivity index (χ0n) is 14.0. The minimum Gasteiger partial charge on any atom is -0.480 e. The van der Waals surface area contributed by atoms with E-state index < -0.39 is 61.3 Å². The molecule has 154 valence electrons. The number of nitrogens with two attached hydrogens (primary N) is 1. The minimum atomic E-state index is -4.07. The molecule has 9 N–H and O–H groups in total. The van der Waals surface area contributed by atoms with E-state index in [1.165, 1.54) is 0 Å². The number of unbranched alkanes of at least 4 members (excludes halogenated alkanes) is 1. The molecule has 0 amide bonds. The van der Waals surface area contributed by atoms with Gasteiger partial charge >= 0.3 is 11.9 Å². The fraction of sp³-hybridized carbons (Fsp3) is 0.929. The van der Waals surface area contributed by atoms with E-state index in [0.29, 0.717) is 12.8 Å². The summed E-state index contributed by atoms with van der Waals surface area (Å²) >= 11 is 0. The van der Waals surface area contributed by atoms with Gasteiger partial charge in [0, 0.05) is 0 Å². The number of hydrogen-bond donors (Lipinski definition) is 8. The van der Waals surface area contributed by atoms with E-state index in [2.05, 4.69) is 10.1 Å². The highest BCUT2D eigenvalue weighted by Gasteiger charge is 2.65. The van der Waals surface area contributed by atoms with E-state index in [4.69, 9.17) is 15.9 Å². The van der Waals surface area contributed by atoms with Crippen molar-refractivity contribution in [3.8, 4) is 0 Å². The summed E-state index contributed by atoms with van der Waals surface area (Å²) < 4.78 is 33.2. The topological polar surface area (TPSA) is 186 Å². The predicted octanol–water partition coefficient (Wildman–Crippen LogP) is -3.04. The lowest BCUT2D eigenvalue weighted by atomic mass is 9.88. The molecule has 1 fully saturated rings. The minimum absolute atomic E-state index is 0.0444. The Morgan fingerprint density at radius 2 is 1.88 bits per heavy atom. The zero-order chi connectivity index (χ0) is 20.1. The number of aliphatic hydroxyl groups is 5. The maximum Gasteiger partial charge on any atom is 0.320 e. The Morgan fingerprint density at radius 1 is 1.27 bits per heavy atom. The highest BCUT2D eigenvalue weighted by Crippen LogP contribution is 2.39. The fourth-order valence-electron chi connectivity index (χ4n) is 2.57. The largest absolute Gasteiger partial charge is 0.480 e. The molecule has 0 bridgehead atoms. The molecule has 6 atom stereocenters. The summed E-state index contributed by atoms with van der Waals surface area (Å²) in [5.41, 5.74) is 5.30. The lowest BCUT2D eigenvalue weighted by Gasteiger charge is -2.48. The molecule has 0 aromatic rings. The number of carbonyl (C=O) groups is 1. The van der Waals surface area contributed by atoms with Crippen LogP contribution >= 0.6 is 0 Å². The van der Waals surface area contributed by atoms with Crippen molar-refractivity contribution in [1.29, 1.82) is 0 Å². The van der Waals surface area contributed by atoms with E-state index in [1.807, 2.05) is 0 Å². The third kappa shape index (κ3) is 5.04. The molecule has 0 saturated carbocycles. The van der Waals surface area contributed by atoms with Crippen molar-refractivity contribution < 1.29 is 49.0 Å². The van der Waals surface area contributed by atoms with Crippen LogP contribution in [0.5, 0.6) is 0 Å². The maximum absolute atomic E-state index is 14.3. The maximum atomic E-state index is 14.3. The van der Waals surface area contributed by atoms with E-state index >= 15 is 0 Å². The quantitative estimate of drug-likeness (QED) is 0.179. The second kappa shape index (κ2) is 9.28. The number of aliphatic carboxylic acids is 1. The number of carboxylic acid groups (broad SMARTS) is 1. The normalized spacial score (nSPS) is 33.8. The molecule has 1 saturated heterocycles. The Bertz CT molecular complexity index is 470. The van der Waals surface area contributed by atoms with Crippen LogP contribution in [0.2, 0.25) is 0 Å². The van der Waals surface area contributed by atoms with Crippen LogP contribution < -0.4 is 11.1 Å². The first-order chi connectivity index (χ1) is 12.0. The first-order valence-corrected chi connectivity index (χ1v) is 8.10. The molecular weight excluding hydrogens is 362 g/mol. The molecule has 0 spiro atoms. The van der Waals surface area contributed by atoms with Gasteiger partial charge in [-0.1, -0.05) is 6.42 Å². The number of carboxylic acids is 1. The second-order valence-corrected chi connectivity index (χ2v) is 6.28. The molecule has 0 aromatic heterocycles. The summed E-state index contributed by atoms with van der Waals surface area (Å²) in [5, 5.41) is 58.9. The van der Waals surface area contributed by atoms with Gasteiger partial charge in [-0.3, -0.25) is 4.79 Å². The summed E-state index contributed by atoms with van der Waals surface area (Å²) in [7, 11) is 0. The van der Waals surface area contributed by atoms with Crippen LogP contribution in [-0.2, 0) is 9.53 Å². The van der Waals surface area contributed by atoms with Gasteiger partial charge < -0.3 is 46.4 Å². The summed E-state index contributed by atoms with van der Waals surface area (Å²) in [4.78, 5) is 10.5. The highest BCUT2D eigenvalue weighted by molar-refractivity contribution is 5.72. The molecule has 0 radical (unpaired) electrons. The standard InChI is InChI=1S/C14H26F2N2O8/c15-13(16,6-18-4-2-1-3-7(17)12(23)24)14(25)11(22)10(21)9(20)8(5-19)26-14/h7-11,18-22,25H,1-6,17H2,(H,23,24)/t7-,8+,9-,10-,11+,14?/m0/s1. The van der Waals surface area contributed by atoms with Crippen molar-refractivity contribution in [3.05, 3.63) is 0 Å². The van der Waals surface area contributed by atoms with Gasteiger partial charge in [0.15, 0.2) is 0 Å². The van der Waals surface area contributed by atoms with E-state index in [0.717, 1.165) is 0 Å². The molecule has 1 rings (SSSR count). The van der Waals surface area contributed by atoms with Crippen LogP contribution in [0.1, 0.15) is 19.3 Å². The Hall–Kier alpha value is -0.990. The number of hydrogen-bond acceptors (Lipinski definition) is 9. The first-order valence-electron chi connectivity index (χ1n) is 8.10. The van der Waals surface area contributed by atoms with E-state index in [1.54, 1.807) is 0 Å². The molecule has 1 heterocycles. The van der Waals surface area contributed by atoms with Crippen LogP contribution in [-0.4, -0.2) is 98.5 Å². The van der Waals surface area contributed by atoms with Crippen LogP contribution in [0.25, 0.3) is 0 Å². The lowest BCUT2D eigenvalue weighted by molar-refractivity contribution is -0.409. The monoisotopic (exact) mass is 388 g/mol. The van der Waals surface area contributed by atoms with Gasteiger partial charge in [-0.25, -0.2) is 0 Å². The van der Waals surface area contributed by atoms with Crippen molar-refractivity contribution in [2.24, 2.45) is 5.73 Å². The van der Waals surface area contributed by atoms with Crippen LogP contribution in [0.15, 0.2) is 0 Å². The van der Waals surface area contributed by atoms with Gasteiger partial charge in [0.1, 0.15) is 30.5 Å². The van der Waals surface area contributed by atoms with Gasteiger partial charge in [-0.15, -0.1) is 0 Å². The molecule has 10 nitrogen and oxygen atoms in total. The average Bonchev–Trinajstić information content (AvgIpc) is 2.58. The van der Waals surface area contributed by atoms with Gasteiger partial charge in [-0.2, -0.15) is 8.78 Å².